The second kappa shape index (κ2) is 1.87. The summed E-state index contributed by atoms with van der Waals surface area (Å²) in [6.07, 6.45) is 4.77. The van der Waals surface area contributed by atoms with Crippen LogP contribution in [0.5, 0.6) is 0 Å². The van der Waals surface area contributed by atoms with Crippen LogP contribution in [0.25, 0.3) is 0 Å². The van der Waals surface area contributed by atoms with E-state index in [2.05, 4.69) is 11.4 Å². The minimum Gasteiger partial charge on any atom is -0.346 e. The molecular formula is C6H7F2N. The van der Waals surface area contributed by atoms with Crippen LogP contribution in [-0.2, 0) is 0 Å². The molecule has 1 aliphatic rings. The van der Waals surface area contributed by atoms with Crippen LogP contribution >= 0.6 is 0 Å². The molecule has 0 aliphatic heterocycles. The Morgan fingerprint density at radius 1 is 1.78 bits per heavy atom. The summed E-state index contributed by atoms with van der Waals surface area (Å²) in [6, 6.07) is 2.09. The van der Waals surface area contributed by atoms with E-state index in [1.165, 1.54) is 0 Å². The largest absolute Gasteiger partial charge is 0.346 e. The molecule has 1 nitrogen and oxygen atoms in total. The zero-order chi connectivity index (χ0) is 6.91. The van der Waals surface area contributed by atoms with E-state index >= 15 is 0 Å². The van der Waals surface area contributed by atoms with Crippen molar-refractivity contribution in [3.63, 3.8) is 0 Å². The van der Waals surface area contributed by atoms with Crippen LogP contribution in [0.1, 0.15) is 6.42 Å². The molecule has 9 heavy (non-hydrogen) atoms. The molecule has 1 atom stereocenters. The van der Waals surface area contributed by atoms with Gasteiger partial charge < -0.3 is 5.32 Å². The van der Waals surface area contributed by atoms with E-state index < -0.39 is 11.8 Å². The van der Waals surface area contributed by atoms with Gasteiger partial charge in [0.1, 0.15) is 0 Å². The lowest BCUT2D eigenvalue weighted by molar-refractivity contribution is 0.0995. The number of hydrogen-bond donors (Lipinski definition) is 1. The molecule has 1 N–H and O–H groups in total. The van der Waals surface area contributed by atoms with Crippen molar-refractivity contribution in [2.45, 2.75) is 12.3 Å². The van der Waals surface area contributed by atoms with E-state index in [4.69, 9.17) is 6.42 Å². The highest BCUT2D eigenvalue weighted by Crippen LogP contribution is 2.47. The van der Waals surface area contributed by atoms with Crippen LogP contribution in [0.15, 0.2) is 0 Å². The first-order valence-electron chi connectivity index (χ1n) is 2.73. The summed E-state index contributed by atoms with van der Waals surface area (Å²) in [5.74, 6) is -2.96. The molecule has 1 saturated carbocycles. The molecule has 0 amide bonds. The van der Waals surface area contributed by atoms with Crippen molar-refractivity contribution in [3.8, 4) is 12.5 Å². The second-order valence-electron chi connectivity index (χ2n) is 2.19. The van der Waals surface area contributed by atoms with Gasteiger partial charge in [-0.05, 0) is 0 Å². The second-order valence-corrected chi connectivity index (χ2v) is 2.19. The van der Waals surface area contributed by atoms with Crippen LogP contribution < -0.4 is 5.32 Å². The van der Waals surface area contributed by atoms with Crippen LogP contribution in [0.2, 0.25) is 0 Å². The first-order chi connectivity index (χ1) is 4.17. The van der Waals surface area contributed by atoms with Gasteiger partial charge in [-0.1, -0.05) is 6.42 Å². The van der Waals surface area contributed by atoms with E-state index in [0.29, 0.717) is 0 Å². The maximum Gasteiger partial charge on any atom is 0.253 e. The Balaban J connectivity index is 2.14. The summed E-state index contributed by atoms with van der Waals surface area (Å²) in [6.45, 7) is 0.240. The van der Waals surface area contributed by atoms with Gasteiger partial charge in [-0.25, -0.2) is 8.78 Å². The summed E-state index contributed by atoms with van der Waals surface area (Å²) >= 11 is 0. The Morgan fingerprint density at radius 2 is 2.33 bits per heavy atom. The molecule has 0 aromatic heterocycles. The van der Waals surface area contributed by atoms with E-state index in [-0.39, 0.29) is 13.0 Å². The Kier molecular flexibility index (Phi) is 1.32. The van der Waals surface area contributed by atoms with Crippen molar-refractivity contribution in [2.24, 2.45) is 5.92 Å². The van der Waals surface area contributed by atoms with Crippen molar-refractivity contribution < 1.29 is 8.78 Å². The number of hydrogen-bond acceptors (Lipinski definition) is 1. The third-order valence-corrected chi connectivity index (χ3v) is 1.41. The van der Waals surface area contributed by atoms with Gasteiger partial charge in [-0.2, -0.15) is 0 Å². The lowest BCUT2D eigenvalue weighted by Crippen LogP contribution is -2.12. The number of terminal acetylenes is 1. The minimum absolute atomic E-state index is 0.0122. The van der Waals surface area contributed by atoms with Gasteiger partial charge in [-0.3, -0.25) is 0 Å². The SMILES string of the molecule is C#CNCC1CC1(F)F. The fourth-order valence-electron chi connectivity index (χ4n) is 0.673. The fourth-order valence-corrected chi connectivity index (χ4v) is 0.673. The fraction of sp³-hybridized carbons (Fsp3) is 0.667. The van der Waals surface area contributed by atoms with Crippen LogP contribution in [0, 0.1) is 18.4 Å². The smallest absolute Gasteiger partial charge is 0.253 e. The van der Waals surface area contributed by atoms with Crippen molar-refractivity contribution in [2.75, 3.05) is 6.54 Å². The summed E-state index contributed by atoms with van der Waals surface area (Å²) in [4.78, 5) is 0. The maximum atomic E-state index is 12.0. The molecule has 0 heterocycles. The molecule has 1 aliphatic carbocycles. The zero-order valence-electron chi connectivity index (χ0n) is 4.82. The molecule has 1 unspecified atom stereocenters. The Morgan fingerprint density at radius 3 is 2.67 bits per heavy atom. The van der Waals surface area contributed by atoms with Gasteiger partial charge in [0.2, 0.25) is 0 Å². The number of rotatable bonds is 2. The predicted molar refractivity (Wildman–Crippen MR) is 29.9 cm³/mol. The first-order valence-corrected chi connectivity index (χ1v) is 2.73. The average molecular weight is 131 g/mol. The molecule has 0 aromatic rings. The number of halogens is 2. The summed E-state index contributed by atoms with van der Waals surface area (Å²) in [5.41, 5.74) is 0. The van der Waals surface area contributed by atoms with Crippen LogP contribution in [0.3, 0.4) is 0 Å². The van der Waals surface area contributed by atoms with Crippen LogP contribution in [-0.4, -0.2) is 12.5 Å². The molecule has 0 bridgehead atoms. The topological polar surface area (TPSA) is 12.0 Å². The first kappa shape index (κ1) is 6.34. The maximum absolute atomic E-state index is 12.0. The minimum atomic E-state index is -2.44. The zero-order valence-corrected chi connectivity index (χ0v) is 4.82. The van der Waals surface area contributed by atoms with Gasteiger partial charge in [-0.15, -0.1) is 0 Å². The van der Waals surface area contributed by atoms with Gasteiger partial charge in [0.25, 0.3) is 5.92 Å². The number of alkyl halides is 2. The Hall–Kier alpha value is -0.780. The van der Waals surface area contributed by atoms with Crippen LogP contribution in [0.4, 0.5) is 8.78 Å². The molecule has 0 aromatic carbocycles. The van der Waals surface area contributed by atoms with Crippen molar-refractivity contribution in [1.82, 2.24) is 5.32 Å². The van der Waals surface area contributed by atoms with Gasteiger partial charge in [0.15, 0.2) is 0 Å². The molecule has 1 fully saturated rings. The van der Waals surface area contributed by atoms with E-state index in [1.54, 1.807) is 0 Å². The molecule has 50 valence electrons. The number of nitrogens with one attached hydrogen (secondary N) is 1. The summed E-state index contributed by atoms with van der Waals surface area (Å²) in [7, 11) is 0. The van der Waals surface area contributed by atoms with Crippen molar-refractivity contribution in [3.05, 3.63) is 0 Å². The third kappa shape index (κ3) is 1.32. The highest BCUT2D eigenvalue weighted by atomic mass is 19.3. The molecule has 3 heteroatoms. The van der Waals surface area contributed by atoms with Crippen molar-refractivity contribution in [1.29, 1.82) is 0 Å². The molecule has 0 saturated heterocycles. The predicted octanol–water partition coefficient (Wildman–Crippen LogP) is 0.822. The average Bonchev–Trinajstić information content (AvgIpc) is 2.35. The lowest BCUT2D eigenvalue weighted by atomic mass is 10.4. The quantitative estimate of drug-likeness (QED) is 0.432. The van der Waals surface area contributed by atoms with Crippen molar-refractivity contribution >= 4 is 0 Å². The summed E-state index contributed by atoms with van der Waals surface area (Å²) < 4.78 is 24.0. The third-order valence-electron chi connectivity index (χ3n) is 1.41. The van der Waals surface area contributed by atoms with E-state index in [0.717, 1.165) is 0 Å². The van der Waals surface area contributed by atoms with Gasteiger partial charge >= 0.3 is 0 Å². The summed E-state index contributed by atoms with van der Waals surface area (Å²) in [5, 5.41) is 2.41. The highest BCUT2D eigenvalue weighted by Gasteiger charge is 2.56. The Bertz CT molecular complexity index is 148. The molecule has 1 rings (SSSR count). The normalized spacial score (nSPS) is 28.8. The lowest BCUT2D eigenvalue weighted by Gasteiger charge is -1.93. The van der Waals surface area contributed by atoms with Gasteiger partial charge in [0, 0.05) is 24.9 Å². The monoisotopic (exact) mass is 131 g/mol. The van der Waals surface area contributed by atoms with Gasteiger partial charge in [0.05, 0.1) is 0 Å². The highest BCUT2D eigenvalue weighted by molar-refractivity contribution is 4.98. The molecule has 0 spiro atoms. The Labute approximate surface area is 52.4 Å². The van der Waals surface area contributed by atoms with E-state index in [9.17, 15) is 8.78 Å². The molecular weight excluding hydrogens is 124 g/mol. The standard InChI is InChI=1S/C6H7F2N/c1-2-9-4-5-3-6(5,7)8/h1,5,9H,3-4H2. The van der Waals surface area contributed by atoms with E-state index in [1.807, 2.05) is 0 Å². The molecule has 0 radical (unpaired) electrons.